The van der Waals surface area contributed by atoms with Gasteiger partial charge in [0.2, 0.25) is 0 Å². The quantitative estimate of drug-likeness (QED) is 0.477. The van der Waals surface area contributed by atoms with Gasteiger partial charge in [0.15, 0.2) is 0 Å². The largest absolute Gasteiger partial charge is 0.0658 e. The second-order valence-corrected chi connectivity index (χ2v) is 3.55. The molecule has 2 aliphatic rings. The Morgan fingerprint density at radius 1 is 0.900 bits per heavy atom. The van der Waals surface area contributed by atoms with Crippen molar-refractivity contribution >= 4 is 0 Å². The number of allylic oxidation sites excluding steroid dienone is 4. The van der Waals surface area contributed by atoms with Crippen LogP contribution in [0.25, 0.3) is 0 Å². The lowest BCUT2D eigenvalue weighted by atomic mass is 10.1. The van der Waals surface area contributed by atoms with E-state index in [9.17, 15) is 0 Å². The fourth-order valence-electron chi connectivity index (χ4n) is 2.30. The summed E-state index contributed by atoms with van der Waals surface area (Å²) in [5.74, 6) is 0. The van der Waals surface area contributed by atoms with Crippen LogP contribution in [0.15, 0.2) is 22.3 Å². The molecule has 0 bridgehead atoms. The van der Waals surface area contributed by atoms with Crippen LogP contribution in [0.4, 0.5) is 0 Å². The minimum Gasteiger partial charge on any atom is -0.0658 e. The highest BCUT2D eigenvalue weighted by Crippen LogP contribution is 2.42. The third-order valence-electron chi connectivity index (χ3n) is 2.78. The van der Waals surface area contributed by atoms with E-state index in [-0.39, 0.29) is 0 Å². The molecule has 0 N–H and O–H groups in total. The molecule has 1 saturated carbocycles. The molecule has 0 aromatic rings. The van der Waals surface area contributed by atoms with Gasteiger partial charge in [-0.2, -0.15) is 0 Å². The van der Waals surface area contributed by atoms with Crippen LogP contribution in [0, 0.1) is 0 Å². The molecule has 0 spiro atoms. The molecule has 0 nitrogen and oxygen atoms in total. The van der Waals surface area contributed by atoms with Gasteiger partial charge in [0, 0.05) is 0 Å². The Kier molecular flexibility index (Phi) is 1.23. The Bertz CT molecular complexity index is 204. The molecule has 2 aliphatic carbocycles. The van der Waals surface area contributed by atoms with Crippen LogP contribution in [0.5, 0.6) is 0 Å². The van der Waals surface area contributed by atoms with Crippen molar-refractivity contribution in [1.29, 1.82) is 0 Å². The molecule has 10 heavy (non-hydrogen) atoms. The third kappa shape index (κ3) is 0.681. The molecule has 0 aromatic carbocycles. The lowest BCUT2D eigenvalue weighted by molar-refractivity contribution is 0.908. The third-order valence-corrected chi connectivity index (χ3v) is 2.78. The Hall–Kier alpha value is -0.520. The van der Waals surface area contributed by atoms with Crippen molar-refractivity contribution in [2.45, 2.75) is 39.5 Å². The molecular weight excluding hydrogens is 120 g/mol. The Morgan fingerprint density at radius 3 is 1.90 bits per heavy atom. The summed E-state index contributed by atoms with van der Waals surface area (Å²) in [6, 6.07) is 0. The van der Waals surface area contributed by atoms with Crippen LogP contribution in [0.1, 0.15) is 39.5 Å². The lowest BCUT2D eigenvalue weighted by Gasteiger charge is -1.94. The fourth-order valence-corrected chi connectivity index (χ4v) is 2.30. The summed E-state index contributed by atoms with van der Waals surface area (Å²) in [5, 5.41) is 0. The van der Waals surface area contributed by atoms with E-state index < -0.39 is 0 Å². The second kappa shape index (κ2) is 1.98. The minimum atomic E-state index is 1.27. The van der Waals surface area contributed by atoms with E-state index in [2.05, 4.69) is 13.8 Å². The predicted molar refractivity (Wildman–Crippen MR) is 43.9 cm³/mol. The first-order chi connectivity index (χ1) is 4.79. The normalized spacial score (nSPS) is 24.6. The van der Waals surface area contributed by atoms with Gasteiger partial charge in [-0.05, 0) is 50.7 Å². The van der Waals surface area contributed by atoms with Gasteiger partial charge < -0.3 is 0 Å². The van der Waals surface area contributed by atoms with Gasteiger partial charge in [-0.1, -0.05) is 11.1 Å². The summed E-state index contributed by atoms with van der Waals surface area (Å²) >= 11 is 0. The smallest absolute Gasteiger partial charge is 0.0102 e. The van der Waals surface area contributed by atoms with E-state index in [1.165, 1.54) is 25.7 Å². The van der Waals surface area contributed by atoms with Crippen molar-refractivity contribution in [1.82, 2.24) is 0 Å². The zero-order valence-corrected chi connectivity index (χ0v) is 6.83. The molecule has 54 valence electrons. The van der Waals surface area contributed by atoms with E-state index in [4.69, 9.17) is 0 Å². The standard InChI is InChI=1S/C10H14/c1-7-6-8(2)10-5-3-4-9(7)10/h3-6H2,1-2H3. The molecule has 1 fully saturated rings. The van der Waals surface area contributed by atoms with Crippen molar-refractivity contribution in [2.75, 3.05) is 0 Å². The molecular formula is C10H14. The summed E-state index contributed by atoms with van der Waals surface area (Å²) in [6.45, 7) is 4.58. The first-order valence-electron chi connectivity index (χ1n) is 4.16. The molecule has 2 rings (SSSR count). The lowest BCUT2D eigenvalue weighted by Crippen LogP contribution is -1.74. The summed E-state index contributed by atoms with van der Waals surface area (Å²) < 4.78 is 0. The van der Waals surface area contributed by atoms with E-state index in [1.807, 2.05) is 0 Å². The van der Waals surface area contributed by atoms with Gasteiger partial charge in [-0.15, -0.1) is 0 Å². The van der Waals surface area contributed by atoms with Gasteiger partial charge in [-0.3, -0.25) is 0 Å². The van der Waals surface area contributed by atoms with E-state index in [1.54, 1.807) is 22.3 Å². The van der Waals surface area contributed by atoms with E-state index >= 15 is 0 Å². The monoisotopic (exact) mass is 134 g/mol. The average molecular weight is 134 g/mol. The highest BCUT2D eigenvalue weighted by atomic mass is 14.3. The summed E-state index contributed by atoms with van der Waals surface area (Å²) in [7, 11) is 0. The molecule has 0 saturated heterocycles. The van der Waals surface area contributed by atoms with Gasteiger partial charge in [0.05, 0.1) is 0 Å². The summed E-state index contributed by atoms with van der Waals surface area (Å²) in [5.41, 5.74) is 6.70. The SMILES string of the molecule is CC1=C2CCCC2=C(C)C1. The van der Waals surface area contributed by atoms with Crippen molar-refractivity contribution in [3.8, 4) is 0 Å². The Morgan fingerprint density at radius 2 is 1.40 bits per heavy atom. The number of fused-ring (bicyclic) bond motifs is 1. The van der Waals surface area contributed by atoms with E-state index in [0.29, 0.717) is 0 Å². The number of hydrogen-bond acceptors (Lipinski definition) is 0. The van der Waals surface area contributed by atoms with Crippen LogP contribution in [-0.2, 0) is 0 Å². The van der Waals surface area contributed by atoms with Gasteiger partial charge in [0.1, 0.15) is 0 Å². The highest BCUT2D eigenvalue weighted by molar-refractivity contribution is 5.48. The molecule has 0 aliphatic heterocycles. The first kappa shape index (κ1) is 6.21. The van der Waals surface area contributed by atoms with Crippen molar-refractivity contribution in [3.63, 3.8) is 0 Å². The van der Waals surface area contributed by atoms with Crippen LogP contribution >= 0.6 is 0 Å². The highest BCUT2D eigenvalue weighted by Gasteiger charge is 2.22. The van der Waals surface area contributed by atoms with Crippen LogP contribution in [0.2, 0.25) is 0 Å². The molecule has 0 heterocycles. The minimum absolute atomic E-state index is 1.27. The van der Waals surface area contributed by atoms with E-state index in [0.717, 1.165) is 0 Å². The topological polar surface area (TPSA) is 0 Å². The molecule has 0 unspecified atom stereocenters. The maximum atomic E-state index is 2.29. The zero-order valence-electron chi connectivity index (χ0n) is 6.83. The van der Waals surface area contributed by atoms with Crippen LogP contribution in [0.3, 0.4) is 0 Å². The van der Waals surface area contributed by atoms with Crippen molar-refractivity contribution < 1.29 is 0 Å². The predicted octanol–water partition coefficient (Wildman–Crippen LogP) is 3.21. The van der Waals surface area contributed by atoms with Crippen molar-refractivity contribution in [3.05, 3.63) is 22.3 Å². The van der Waals surface area contributed by atoms with Crippen LogP contribution in [-0.4, -0.2) is 0 Å². The average Bonchev–Trinajstić information content (AvgIpc) is 2.39. The molecule has 0 radical (unpaired) electrons. The number of rotatable bonds is 0. The summed E-state index contributed by atoms with van der Waals surface area (Å²) in [6.07, 6.45) is 5.39. The molecule has 0 amide bonds. The van der Waals surface area contributed by atoms with Gasteiger partial charge in [-0.25, -0.2) is 0 Å². The first-order valence-corrected chi connectivity index (χ1v) is 4.16. The fraction of sp³-hybridized carbons (Fsp3) is 0.600. The van der Waals surface area contributed by atoms with Gasteiger partial charge in [0.25, 0.3) is 0 Å². The molecule has 0 atom stereocenters. The molecule has 0 aromatic heterocycles. The zero-order chi connectivity index (χ0) is 7.14. The Balaban J connectivity index is 2.44. The maximum absolute atomic E-state index is 2.29. The van der Waals surface area contributed by atoms with Gasteiger partial charge >= 0.3 is 0 Å². The summed E-state index contributed by atoms with van der Waals surface area (Å²) in [4.78, 5) is 0. The number of hydrogen-bond donors (Lipinski definition) is 0. The van der Waals surface area contributed by atoms with Crippen LogP contribution < -0.4 is 0 Å². The molecule has 0 heteroatoms. The maximum Gasteiger partial charge on any atom is -0.0102 e. The van der Waals surface area contributed by atoms with Crippen molar-refractivity contribution in [2.24, 2.45) is 0 Å². The Labute approximate surface area is 62.6 Å². The second-order valence-electron chi connectivity index (χ2n) is 3.55.